The molecule has 2 aromatic rings. The van der Waals surface area contributed by atoms with Crippen molar-refractivity contribution >= 4 is 46.0 Å². The fourth-order valence-electron chi connectivity index (χ4n) is 2.51. The maximum Gasteiger partial charge on any atom is 0.249 e. The Morgan fingerprint density at radius 2 is 2.20 bits per heavy atom. The zero-order chi connectivity index (χ0) is 14.3. The third-order valence-corrected chi connectivity index (χ3v) is 3.92. The van der Waals surface area contributed by atoms with Crippen molar-refractivity contribution in [1.29, 1.82) is 0 Å². The molecule has 1 unspecified atom stereocenters. The molecule has 1 N–H and O–H groups in total. The summed E-state index contributed by atoms with van der Waals surface area (Å²) in [7, 11) is 0. The van der Waals surface area contributed by atoms with Crippen LogP contribution in [0.15, 0.2) is 18.2 Å². The van der Waals surface area contributed by atoms with E-state index in [0.717, 1.165) is 0 Å². The van der Waals surface area contributed by atoms with E-state index in [4.69, 9.17) is 23.2 Å². The predicted molar refractivity (Wildman–Crippen MR) is 75.7 cm³/mol. The molecule has 1 aromatic carbocycles. The second-order valence-electron chi connectivity index (χ2n) is 4.61. The smallest absolute Gasteiger partial charge is 0.249 e. The fraction of sp³-hybridized carbons (Fsp3) is 0.308. The number of amides is 2. The number of hydrogen-bond acceptors (Lipinski definition) is 3. The van der Waals surface area contributed by atoms with Crippen molar-refractivity contribution in [3.05, 3.63) is 29.0 Å². The second-order valence-corrected chi connectivity index (χ2v) is 5.28. The monoisotopic (exact) mass is 311 g/mol. The summed E-state index contributed by atoms with van der Waals surface area (Å²) in [6, 6.07) is 4.85. The number of benzene rings is 1. The molecule has 2 heterocycles. The van der Waals surface area contributed by atoms with Gasteiger partial charge in [0.05, 0.1) is 21.9 Å². The predicted octanol–water partition coefficient (Wildman–Crippen LogP) is 2.41. The van der Waals surface area contributed by atoms with Crippen LogP contribution in [-0.4, -0.2) is 21.4 Å². The number of piperidine rings is 1. The normalized spacial score (nSPS) is 19.4. The van der Waals surface area contributed by atoms with Gasteiger partial charge in [-0.15, -0.1) is 11.6 Å². The number of hydrogen-bond donors (Lipinski definition) is 1. The van der Waals surface area contributed by atoms with Crippen LogP contribution in [0.2, 0.25) is 5.02 Å². The van der Waals surface area contributed by atoms with E-state index in [2.05, 4.69) is 10.3 Å². The molecule has 0 radical (unpaired) electrons. The number of para-hydroxylation sites is 1. The minimum atomic E-state index is -0.508. The highest BCUT2D eigenvalue weighted by atomic mass is 35.5. The van der Waals surface area contributed by atoms with E-state index < -0.39 is 6.04 Å². The fourth-order valence-corrected chi connectivity index (χ4v) is 2.96. The zero-order valence-corrected chi connectivity index (χ0v) is 11.9. The number of nitrogens with zero attached hydrogens (tertiary/aromatic N) is 2. The molecule has 1 atom stereocenters. The zero-order valence-electron chi connectivity index (χ0n) is 10.4. The molecule has 7 heteroatoms. The lowest BCUT2D eigenvalue weighted by atomic mass is 10.1. The summed E-state index contributed by atoms with van der Waals surface area (Å²) in [5, 5.41) is 2.85. The summed E-state index contributed by atoms with van der Waals surface area (Å²) in [6.45, 7) is 0. The van der Waals surface area contributed by atoms with Crippen LogP contribution in [0.3, 0.4) is 0 Å². The molecule has 1 aliphatic heterocycles. The number of imidazole rings is 1. The average molecular weight is 312 g/mol. The first-order chi connectivity index (χ1) is 9.61. The maximum atomic E-state index is 12.1. The molecule has 1 saturated heterocycles. The first-order valence-electron chi connectivity index (χ1n) is 6.17. The van der Waals surface area contributed by atoms with E-state index in [1.54, 1.807) is 16.7 Å². The van der Waals surface area contributed by atoms with E-state index in [0.29, 0.717) is 34.7 Å². The van der Waals surface area contributed by atoms with E-state index in [1.165, 1.54) is 0 Å². The lowest BCUT2D eigenvalue weighted by molar-refractivity contribution is -0.135. The number of nitrogens with one attached hydrogen (secondary N) is 1. The lowest BCUT2D eigenvalue weighted by Crippen LogP contribution is -2.42. The average Bonchev–Trinajstić information content (AvgIpc) is 2.79. The lowest BCUT2D eigenvalue weighted by Gasteiger charge is -2.24. The van der Waals surface area contributed by atoms with Gasteiger partial charge in [-0.25, -0.2) is 4.98 Å². The van der Waals surface area contributed by atoms with E-state index in [-0.39, 0.29) is 17.7 Å². The van der Waals surface area contributed by atoms with Gasteiger partial charge in [0.1, 0.15) is 11.9 Å². The summed E-state index contributed by atoms with van der Waals surface area (Å²) in [6.07, 6.45) is 0.716. The molecular weight excluding hydrogens is 301 g/mol. The second kappa shape index (κ2) is 5.07. The van der Waals surface area contributed by atoms with Gasteiger partial charge in [-0.2, -0.15) is 0 Å². The Morgan fingerprint density at radius 1 is 1.40 bits per heavy atom. The highest BCUT2D eigenvalue weighted by molar-refractivity contribution is 6.35. The summed E-state index contributed by atoms with van der Waals surface area (Å²) in [5.41, 5.74) is 1.37. The molecule has 20 heavy (non-hydrogen) atoms. The Labute approximate surface area is 124 Å². The topological polar surface area (TPSA) is 64.0 Å². The van der Waals surface area contributed by atoms with Gasteiger partial charge in [-0.3, -0.25) is 14.9 Å². The number of carbonyl (C=O) groups is 2. The number of alkyl halides is 1. The van der Waals surface area contributed by atoms with E-state index in [1.807, 2.05) is 6.07 Å². The molecule has 0 bridgehead atoms. The first kappa shape index (κ1) is 13.4. The number of aromatic nitrogens is 2. The van der Waals surface area contributed by atoms with E-state index in [9.17, 15) is 9.59 Å². The van der Waals surface area contributed by atoms with Crippen LogP contribution in [-0.2, 0) is 15.5 Å². The van der Waals surface area contributed by atoms with Gasteiger partial charge in [0.2, 0.25) is 11.8 Å². The van der Waals surface area contributed by atoms with Crippen molar-refractivity contribution in [2.24, 2.45) is 0 Å². The molecule has 3 rings (SSSR count). The van der Waals surface area contributed by atoms with Crippen LogP contribution in [0.4, 0.5) is 0 Å². The number of halogens is 2. The van der Waals surface area contributed by atoms with Crippen molar-refractivity contribution in [3.8, 4) is 0 Å². The minimum absolute atomic E-state index is 0.169. The van der Waals surface area contributed by atoms with Crippen LogP contribution in [0.25, 0.3) is 11.0 Å². The molecule has 0 aliphatic carbocycles. The van der Waals surface area contributed by atoms with Crippen molar-refractivity contribution in [3.63, 3.8) is 0 Å². The largest absolute Gasteiger partial charge is 0.313 e. The Kier molecular flexibility index (Phi) is 3.40. The Bertz CT molecular complexity index is 711. The molecule has 1 aromatic heterocycles. The van der Waals surface area contributed by atoms with Crippen molar-refractivity contribution in [1.82, 2.24) is 14.9 Å². The van der Waals surface area contributed by atoms with E-state index >= 15 is 0 Å². The highest BCUT2D eigenvalue weighted by Crippen LogP contribution is 2.31. The minimum Gasteiger partial charge on any atom is -0.313 e. The van der Waals surface area contributed by atoms with Crippen LogP contribution in [0.1, 0.15) is 24.7 Å². The molecule has 0 saturated carbocycles. The van der Waals surface area contributed by atoms with Gasteiger partial charge < -0.3 is 4.57 Å². The standard InChI is InChI=1S/C13H11Cl2N3O2/c14-6-10-16-8-3-1-2-7(15)12(8)18(10)9-4-5-11(19)17-13(9)20/h1-3,9H,4-6H2,(H,17,19,20). The Balaban J connectivity index is 2.19. The SMILES string of the molecule is O=C1CCC(n2c(CCl)nc3cccc(Cl)c32)C(=O)N1. The van der Waals surface area contributed by atoms with Gasteiger partial charge in [-0.05, 0) is 18.6 Å². The van der Waals surface area contributed by atoms with Crippen LogP contribution >= 0.6 is 23.2 Å². The third kappa shape index (κ3) is 2.07. The molecule has 0 spiro atoms. The van der Waals surface area contributed by atoms with Gasteiger partial charge >= 0.3 is 0 Å². The Hall–Kier alpha value is -1.59. The summed E-state index contributed by atoms with van der Waals surface area (Å²) >= 11 is 12.2. The maximum absolute atomic E-state index is 12.1. The first-order valence-corrected chi connectivity index (χ1v) is 7.08. The molecule has 1 fully saturated rings. The van der Waals surface area contributed by atoms with Crippen LogP contribution in [0.5, 0.6) is 0 Å². The van der Waals surface area contributed by atoms with Crippen molar-refractivity contribution < 1.29 is 9.59 Å². The summed E-state index contributed by atoms with van der Waals surface area (Å²) in [5.74, 6) is 0.147. The summed E-state index contributed by atoms with van der Waals surface area (Å²) < 4.78 is 1.74. The van der Waals surface area contributed by atoms with Crippen molar-refractivity contribution in [2.75, 3.05) is 0 Å². The summed E-state index contributed by atoms with van der Waals surface area (Å²) in [4.78, 5) is 27.7. The molecule has 2 amide bonds. The molecular formula is C13H11Cl2N3O2. The number of carbonyl (C=O) groups excluding carboxylic acids is 2. The Morgan fingerprint density at radius 3 is 2.90 bits per heavy atom. The van der Waals surface area contributed by atoms with Crippen molar-refractivity contribution in [2.45, 2.75) is 24.8 Å². The quantitative estimate of drug-likeness (QED) is 0.684. The van der Waals surface area contributed by atoms with Crippen LogP contribution in [0, 0.1) is 0 Å². The molecule has 104 valence electrons. The van der Waals surface area contributed by atoms with Gasteiger partial charge in [0, 0.05) is 6.42 Å². The number of fused-ring (bicyclic) bond motifs is 1. The molecule has 1 aliphatic rings. The third-order valence-electron chi connectivity index (χ3n) is 3.38. The van der Waals surface area contributed by atoms with Gasteiger partial charge in [0.25, 0.3) is 0 Å². The van der Waals surface area contributed by atoms with Gasteiger partial charge in [0.15, 0.2) is 0 Å². The van der Waals surface area contributed by atoms with Gasteiger partial charge in [-0.1, -0.05) is 17.7 Å². The molecule has 5 nitrogen and oxygen atoms in total. The number of rotatable bonds is 2. The highest BCUT2D eigenvalue weighted by Gasteiger charge is 2.31. The van der Waals surface area contributed by atoms with Crippen LogP contribution < -0.4 is 5.32 Å². The number of imide groups is 1.